The smallest absolute Gasteiger partial charge is 0.320 e. The maximum absolute atomic E-state index is 12.5. The molecule has 7 nitrogen and oxygen atoms in total. The molecule has 1 N–H and O–H groups in total. The van der Waals surface area contributed by atoms with Crippen LogP contribution in [0.15, 0.2) is 4.99 Å². The summed E-state index contributed by atoms with van der Waals surface area (Å²) in [5, 5.41) is 2.81. The molecule has 1 saturated heterocycles. The Labute approximate surface area is 138 Å². The van der Waals surface area contributed by atoms with Gasteiger partial charge in [-0.3, -0.25) is 14.9 Å². The van der Waals surface area contributed by atoms with Gasteiger partial charge in [-0.15, -0.1) is 0 Å². The molecule has 0 unspecified atom stereocenters. The van der Waals surface area contributed by atoms with Crippen LogP contribution in [0, 0.1) is 11.8 Å². The number of rotatable bonds is 4. The second-order valence-corrected chi connectivity index (χ2v) is 6.33. The first-order valence-corrected chi connectivity index (χ1v) is 8.50. The molecular weight excluding hydrogens is 296 g/mol. The predicted molar refractivity (Wildman–Crippen MR) is 88.0 cm³/mol. The number of carbonyl (C=O) groups excluding carboxylic acids is 2. The summed E-state index contributed by atoms with van der Waals surface area (Å²) in [6.45, 7) is 12.7. The first-order valence-electron chi connectivity index (χ1n) is 8.50. The summed E-state index contributed by atoms with van der Waals surface area (Å²) in [6, 6.07) is -0.373. The molecule has 0 aromatic heterocycles. The van der Waals surface area contributed by atoms with Crippen LogP contribution in [-0.2, 0) is 14.3 Å². The molecule has 2 heterocycles. The molecule has 0 radical (unpaired) electrons. The van der Waals surface area contributed by atoms with E-state index in [1.54, 1.807) is 6.92 Å². The van der Waals surface area contributed by atoms with Gasteiger partial charge in [-0.05, 0) is 19.4 Å². The Morgan fingerprint density at radius 2 is 1.96 bits per heavy atom. The highest BCUT2D eigenvalue weighted by atomic mass is 16.5. The van der Waals surface area contributed by atoms with E-state index >= 15 is 0 Å². The van der Waals surface area contributed by atoms with E-state index in [0.29, 0.717) is 5.96 Å². The molecule has 2 rings (SSSR count). The molecule has 23 heavy (non-hydrogen) atoms. The van der Waals surface area contributed by atoms with Crippen molar-refractivity contribution in [3.05, 3.63) is 0 Å². The second-order valence-electron chi connectivity index (χ2n) is 6.33. The van der Waals surface area contributed by atoms with E-state index in [9.17, 15) is 9.59 Å². The normalized spacial score (nSPS) is 26.0. The summed E-state index contributed by atoms with van der Waals surface area (Å²) in [5.41, 5.74) is 0. The van der Waals surface area contributed by atoms with E-state index in [1.807, 2.05) is 13.8 Å². The number of amides is 1. The van der Waals surface area contributed by atoms with Crippen molar-refractivity contribution in [2.45, 2.75) is 33.7 Å². The number of hydrogen-bond acceptors (Lipinski definition) is 6. The second kappa shape index (κ2) is 7.77. The third kappa shape index (κ3) is 4.02. The van der Waals surface area contributed by atoms with Crippen molar-refractivity contribution in [1.82, 2.24) is 15.1 Å². The van der Waals surface area contributed by atoms with Gasteiger partial charge in [0, 0.05) is 26.2 Å². The highest BCUT2D eigenvalue weighted by molar-refractivity contribution is 6.08. The van der Waals surface area contributed by atoms with E-state index in [4.69, 9.17) is 4.74 Å². The molecule has 2 aliphatic rings. The molecule has 0 spiro atoms. The third-order valence-corrected chi connectivity index (χ3v) is 4.47. The number of nitrogens with zero attached hydrogens (tertiary/aromatic N) is 3. The minimum Gasteiger partial charge on any atom is -0.465 e. The number of piperazine rings is 1. The Hall–Kier alpha value is -1.63. The lowest BCUT2D eigenvalue weighted by Gasteiger charge is -2.39. The van der Waals surface area contributed by atoms with Crippen molar-refractivity contribution in [2.75, 3.05) is 39.3 Å². The summed E-state index contributed by atoms with van der Waals surface area (Å²) in [5.74, 6) is -0.949. The van der Waals surface area contributed by atoms with Crippen molar-refractivity contribution in [3.8, 4) is 0 Å². The first-order chi connectivity index (χ1) is 11.0. The van der Waals surface area contributed by atoms with E-state index in [-0.39, 0.29) is 24.5 Å². The van der Waals surface area contributed by atoms with Crippen LogP contribution in [0.1, 0.15) is 27.7 Å². The van der Waals surface area contributed by atoms with Crippen molar-refractivity contribution in [1.29, 1.82) is 0 Å². The van der Waals surface area contributed by atoms with Gasteiger partial charge in [0.2, 0.25) is 11.9 Å². The van der Waals surface area contributed by atoms with Crippen molar-refractivity contribution >= 4 is 17.8 Å². The largest absolute Gasteiger partial charge is 0.465 e. The van der Waals surface area contributed by atoms with Gasteiger partial charge in [0.1, 0.15) is 0 Å². The molecule has 0 bridgehead atoms. The lowest BCUT2D eigenvalue weighted by Crippen LogP contribution is -2.59. The van der Waals surface area contributed by atoms with Crippen LogP contribution in [0.25, 0.3) is 0 Å². The van der Waals surface area contributed by atoms with Crippen LogP contribution in [0.3, 0.4) is 0 Å². The molecule has 2 aliphatic heterocycles. The monoisotopic (exact) mass is 324 g/mol. The molecule has 1 fully saturated rings. The number of esters is 1. The number of guanidine groups is 1. The van der Waals surface area contributed by atoms with Gasteiger partial charge >= 0.3 is 5.97 Å². The molecule has 1 amide bonds. The van der Waals surface area contributed by atoms with Gasteiger partial charge in [0.15, 0.2) is 5.92 Å². The maximum atomic E-state index is 12.5. The zero-order valence-electron chi connectivity index (χ0n) is 14.5. The Morgan fingerprint density at radius 1 is 1.30 bits per heavy atom. The molecule has 0 saturated carbocycles. The van der Waals surface area contributed by atoms with E-state index < -0.39 is 11.9 Å². The average molecular weight is 324 g/mol. The first kappa shape index (κ1) is 17.7. The highest BCUT2D eigenvalue weighted by Crippen LogP contribution is 2.23. The molecule has 0 aliphatic carbocycles. The molecule has 130 valence electrons. The average Bonchev–Trinajstić information content (AvgIpc) is 2.54. The third-order valence-electron chi connectivity index (χ3n) is 4.47. The molecular formula is C16H28N4O3. The van der Waals surface area contributed by atoms with Crippen LogP contribution in [0.2, 0.25) is 0 Å². The van der Waals surface area contributed by atoms with E-state index in [0.717, 1.165) is 32.7 Å². The fraction of sp³-hybridized carbons (Fsp3) is 0.812. The molecule has 7 heteroatoms. The van der Waals surface area contributed by atoms with E-state index in [2.05, 4.69) is 27.0 Å². The number of nitrogens with one attached hydrogen (secondary N) is 1. The fourth-order valence-electron chi connectivity index (χ4n) is 3.04. The summed E-state index contributed by atoms with van der Waals surface area (Å²) in [7, 11) is 0. The zero-order chi connectivity index (χ0) is 17.0. The van der Waals surface area contributed by atoms with Crippen molar-refractivity contribution < 1.29 is 14.3 Å². The Bertz CT molecular complexity index is 470. The summed E-state index contributed by atoms with van der Waals surface area (Å²) in [6.07, 6.45) is 0. The standard InChI is InChI=1S/C16H28N4O3/c1-5-19-7-9-20(10-8-19)16-17-13(11(3)4)12(14(21)18-16)15(22)23-6-2/h11-13H,5-10H2,1-4H3,(H,17,18,21)/t12-,13-/m1/s1. The van der Waals surface area contributed by atoms with Gasteiger partial charge in [-0.25, -0.2) is 4.99 Å². The van der Waals surface area contributed by atoms with Crippen LogP contribution in [-0.4, -0.2) is 73.0 Å². The van der Waals surface area contributed by atoms with Crippen molar-refractivity contribution in [2.24, 2.45) is 16.8 Å². The van der Waals surface area contributed by atoms with Crippen LogP contribution in [0.5, 0.6) is 0 Å². The van der Waals surface area contributed by atoms with Gasteiger partial charge in [0.05, 0.1) is 12.6 Å². The lowest BCUT2D eigenvalue weighted by atomic mass is 9.89. The maximum Gasteiger partial charge on any atom is 0.320 e. The zero-order valence-corrected chi connectivity index (χ0v) is 14.5. The quantitative estimate of drug-likeness (QED) is 0.595. The summed E-state index contributed by atoms with van der Waals surface area (Å²) in [4.78, 5) is 33.7. The fourth-order valence-corrected chi connectivity index (χ4v) is 3.04. The minimum atomic E-state index is -0.851. The molecule has 2 atom stereocenters. The number of aliphatic imine (C=N–C) groups is 1. The van der Waals surface area contributed by atoms with Gasteiger partial charge in [-0.1, -0.05) is 20.8 Å². The van der Waals surface area contributed by atoms with Crippen LogP contribution < -0.4 is 5.32 Å². The SMILES string of the molecule is CCOC(=O)[C@H]1C(=O)NC(N2CCN(CC)CC2)=N[C@@H]1C(C)C. The van der Waals surface area contributed by atoms with Crippen molar-refractivity contribution in [3.63, 3.8) is 0 Å². The van der Waals surface area contributed by atoms with E-state index in [1.165, 1.54) is 0 Å². The lowest BCUT2D eigenvalue weighted by molar-refractivity contribution is -0.153. The number of ether oxygens (including phenoxy) is 1. The topological polar surface area (TPSA) is 74.2 Å². The van der Waals surface area contributed by atoms with Gasteiger partial charge < -0.3 is 14.5 Å². The van der Waals surface area contributed by atoms with Gasteiger partial charge in [-0.2, -0.15) is 0 Å². The summed E-state index contributed by atoms with van der Waals surface area (Å²) >= 11 is 0. The number of likely N-dealkylation sites (N-methyl/N-ethyl adjacent to an activating group) is 1. The predicted octanol–water partition coefficient (Wildman–Crippen LogP) is 0.314. The van der Waals surface area contributed by atoms with Crippen LogP contribution in [0.4, 0.5) is 0 Å². The van der Waals surface area contributed by atoms with Gasteiger partial charge in [0.25, 0.3) is 0 Å². The minimum absolute atomic E-state index is 0.0855. The number of carbonyl (C=O) groups is 2. The highest BCUT2D eigenvalue weighted by Gasteiger charge is 2.42. The Morgan fingerprint density at radius 3 is 2.48 bits per heavy atom. The molecule has 0 aromatic carbocycles. The molecule has 0 aromatic rings. The van der Waals surface area contributed by atoms with Crippen LogP contribution >= 0.6 is 0 Å². The summed E-state index contributed by atoms with van der Waals surface area (Å²) < 4.78 is 5.05. The number of hydrogen-bond donors (Lipinski definition) is 1. The Balaban J connectivity index is 2.15. The Kier molecular flexibility index (Phi) is 5.98.